The van der Waals surface area contributed by atoms with Gasteiger partial charge in [0, 0.05) is 0 Å². The monoisotopic (exact) mass is 500 g/mol. The molecule has 0 saturated carbocycles. The van der Waals surface area contributed by atoms with Gasteiger partial charge in [-0.15, -0.1) is 0 Å². The summed E-state index contributed by atoms with van der Waals surface area (Å²) in [5.74, 6) is 0.694. The zero-order valence-corrected chi connectivity index (χ0v) is 20.1. The van der Waals surface area contributed by atoms with E-state index in [1.54, 1.807) is 7.05 Å². The minimum absolute atomic E-state index is 0.278. The quantitative estimate of drug-likeness (QED) is 0.328. The number of hydrogen-bond acceptors (Lipinski definition) is 2. The maximum atomic E-state index is 4.75. The van der Waals surface area contributed by atoms with Crippen molar-refractivity contribution in [3.8, 4) is 0 Å². The molecule has 2 aromatic heterocycles. The molecule has 3 rings (SSSR count). The Labute approximate surface area is 185 Å². The third-order valence-electron chi connectivity index (χ3n) is 5.31. The van der Waals surface area contributed by atoms with Crippen LogP contribution >= 0.6 is 0 Å². The van der Waals surface area contributed by atoms with Gasteiger partial charge in [0.05, 0.1) is 0 Å². The summed E-state index contributed by atoms with van der Waals surface area (Å²) in [6, 6.07) is 13.7. The van der Waals surface area contributed by atoms with Crippen molar-refractivity contribution in [2.45, 2.75) is 52.4 Å². The average molecular weight is 500 g/mol. The van der Waals surface area contributed by atoms with E-state index in [9.17, 15) is 0 Å². The first-order valence-electron chi connectivity index (χ1n) is 10.5. The number of fused-ring (bicyclic) bond motifs is 1. The summed E-state index contributed by atoms with van der Waals surface area (Å²) in [5, 5.41) is 0. The van der Waals surface area contributed by atoms with E-state index in [-0.39, 0.29) is 21.2 Å². The molecule has 3 aromatic rings. The second-order valence-electron chi connectivity index (χ2n) is 7.22. The van der Waals surface area contributed by atoms with Gasteiger partial charge in [-0.25, -0.2) is 0 Å². The maximum absolute atomic E-state index is 4.75. The van der Waals surface area contributed by atoms with Crippen LogP contribution < -0.4 is 21.2 Å². The van der Waals surface area contributed by atoms with Crippen molar-refractivity contribution >= 4 is 17.4 Å². The van der Waals surface area contributed by atoms with Crippen LogP contribution in [0.15, 0.2) is 59.9 Å². The summed E-state index contributed by atoms with van der Waals surface area (Å²) >= 11 is -0.278. The number of nitrogens with zero attached hydrogens (tertiary/aromatic N) is 3. The van der Waals surface area contributed by atoms with Crippen LogP contribution in [0, 0.1) is 7.14 Å². The van der Waals surface area contributed by atoms with E-state index in [0.717, 1.165) is 16.9 Å². The Morgan fingerprint density at radius 2 is 2.00 bits per heavy atom. The average Bonchev–Trinajstić information content (AvgIpc) is 3.18. The summed E-state index contributed by atoms with van der Waals surface area (Å²) in [6.45, 7) is 6.62. The number of benzene rings is 1. The Morgan fingerprint density at radius 1 is 1.21 bits per heavy atom. The van der Waals surface area contributed by atoms with E-state index < -0.39 is 0 Å². The summed E-state index contributed by atoms with van der Waals surface area (Å²) in [4.78, 5) is 8.93. The van der Waals surface area contributed by atoms with Gasteiger partial charge in [0.2, 0.25) is 0 Å². The third-order valence-corrected chi connectivity index (χ3v) is 8.08. The molecule has 0 amide bonds. The number of allylic oxidation sites excluding steroid dienone is 2. The van der Waals surface area contributed by atoms with Crippen LogP contribution in [-0.2, 0) is 0 Å². The van der Waals surface area contributed by atoms with E-state index >= 15 is 0 Å². The molecule has 0 aliphatic rings. The van der Waals surface area contributed by atoms with Gasteiger partial charge in [0.15, 0.2) is 0 Å². The normalized spacial score (nSPS) is 13.6. The van der Waals surface area contributed by atoms with Gasteiger partial charge in [0.1, 0.15) is 0 Å². The Bertz CT molecular complexity index is 983. The predicted molar refractivity (Wildman–Crippen MR) is 120 cm³/mol. The van der Waals surface area contributed by atoms with E-state index in [0.29, 0.717) is 5.92 Å². The summed E-state index contributed by atoms with van der Waals surface area (Å²) < 4.78 is 4.99. The molecule has 0 saturated heterocycles. The SMILES string of the molecule is C/C=C(\C=NC)c1cnc2c([I-]c3ccc(C(CC)CCCC)cc3)cccn12. The first kappa shape index (κ1) is 21.8. The third kappa shape index (κ3) is 5.16. The fourth-order valence-electron chi connectivity index (χ4n) is 3.66. The molecular formula is C25H31IN3-. The molecule has 1 aromatic carbocycles. The van der Waals surface area contributed by atoms with Gasteiger partial charge in [-0.1, -0.05) is 0 Å². The number of aromatic nitrogens is 2. The molecule has 1 unspecified atom stereocenters. The van der Waals surface area contributed by atoms with Gasteiger partial charge in [-0.3, -0.25) is 0 Å². The molecular weight excluding hydrogens is 469 g/mol. The van der Waals surface area contributed by atoms with Crippen molar-refractivity contribution in [2.75, 3.05) is 7.05 Å². The fraction of sp³-hybridized carbons (Fsp3) is 0.360. The number of unbranched alkanes of at least 4 members (excludes halogenated alkanes) is 1. The van der Waals surface area contributed by atoms with Crippen molar-refractivity contribution in [3.05, 3.63) is 73.3 Å². The van der Waals surface area contributed by atoms with Crippen molar-refractivity contribution in [2.24, 2.45) is 4.99 Å². The topological polar surface area (TPSA) is 29.7 Å². The number of pyridine rings is 1. The van der Waals surface area contributed by atoms with Gasteiger partial charge < -0.3 is 0 Å². The van der Waals surface area contributed by atoms with Gasteiger partial charge in [-0.05, 0) is 0 Å². The molecule has 0 bridgehead atoms. The van der Waals surface area contributed by atoms with Crippen molar-refractivity contribution in [3.63, 3.8) is 0 Å². The molecule has 154 valence electrons. The molecule has 0 fully saturated rings. The predicted octanol–water partition coefficient (Wildman–Crippen LogP) is 3.25. The number of halogens is 1. The number of hydrogen-bond donors (Lipinski definition) is 0. The van der Waals surface area contributed by atoms with Crippen LogP contribution in [-0.4, -0.2) is 22.6 Å². The number of aliphatic imine (C=N–C) groups is 1. The van der Waals surface area contributed by atoms with Crippen LogP contribution in [0.1, 0.15) is 63.6 Å². The Hall–Kier alpha value is -1.95. The second kappa shape index (κ2) is 10.7. The van der Waals surface area contributed by atoms with Crippen LogP contribution in [0.25, 0.3) is 11.2 Å². The van der Waals surface area contributed by atoms with Crippen LogP contribution in [0.3, 0.4) is 0 Å². The first-order valence-corrected chi connectivity index (χ1v) is 12.7. The molecule has 2 heterocycles. The van der Waals surface area contributed by atoms with Crippen molar-refractivity contribution in [1.82, 2.24) is 9.38 Å². The first-order chi connectivity index (χ1) is 14.2. The molecule has 29 heavy (non-hydrogen) atoms. The van der Waals surface area contributed by atoms with Crippen molar-refractivity contribution in [1.29, 1.82) is 0 Å². The van der Waals surface area contributed by atoms with E-state index in [4.69, 9.17) is 4.98 Å². The van der Waals surface area contributed by atoms with E-state index in [1.165, 1.54) is 38.4 Å². The Morgan fingerprint density at radius 3 is 2.66 bits per heavy atom. The van der Waals surface area contributed by atoms with Crippen LogP contribution in [0.4, 0.5) is 0 Å². The zero-order valence-electron chi connectivity index (χ0n) is 17.9. The molecule has 0 N–H and O–H groups in total. The molecule has 1 atom stereocenters. The fourth-order valence-corrected chi connectivity index (χ4v) is 6.08. The Balaban J connectivity index is 1.84. The van der Waals surface area contributed by atoms with Crippen LogP contribution in [0.2, 0.25) is 0 Å². The summed E-state index contributed by atoms with van der Waals surface area (Å²) in [7, 11) is 1.80. The molecule has 0 radical (unpaired) electrons. The Kier molecular flexibility index (Phi) is 8.04. The summed E-state index contributed by atoms with van der Waals surface area (Å²) in [6.07, 6.45) is 13.1. The van der Waals surface area contributed by atoms with Gasteiger partial charge >= 0.3 is 186 Å². The molecule has 0 aliphatic heterocycles. The zero-order chi connectivity index (χ0) is 20.6. The molecule has 3 nitrogen and oxygen atoms in total. The summed E-state index contributed by atoms with van der Waals surface area (Å²) in [5.41, 5.74) is 4.75. The minimum atomic E-state index is -0.278. The molecule has 4 heteroatoms. The number of imidazole rings is 1. The molecule has 0 spiro atoms. The standard InChI is InChI=1S/C25H31IN3/c1-5-8-10-19(6-2)21-12-14-22(15-13-21)26-23-11-9-16-29-24(18-28-25(23)29)20(7-3)17-27-4/h7,9,11-19H,5-6,8,10H2,1-4H3/q-1/b20-7+,27-17?. The van der Waals surface area contributed by atoms with Gasteiger partial charge in [0.25, 0.3) is 0 Å². The second-order valence-corrected chi connectivity index (χ2v) is 10.2. The molecule has 0 aliphatic carbocycles. The van der Waals surface area contributed by atoms with Crippen LogP contribution in [0.5, 0.6) is 0 Å². The number of rotatable bonds is 9. The van der Waals surface area contributed by atoms with Crippen molar-refractivity contribution < 1.29 is 21.2 Å². The van der Waals surface area contributed by atoms with E-state index in [1.807, 2.05) is 19.3 Å². The van der Waals surface area contributed by atoms with Gasteiger partial charge in [-0.2, -0.15) is 0 Å². The van der Waals surface area contributed by atoms with E-state index in [2.05, 4.69) is 71.9 Å².